The molecule has 0 aromatic heterocycles. The number of rotatable bonds is 11. The number of benzene rings is 4. The van der Waals surface area contributed by atoms with E-state index in [1.54, 1.807) is 18.2 Å². The molecule has 3 atom stereocenters. The number of alkyl halides is 2. The molecule has 1 aliphatic heterocycles. The van der Waals surface area contributed by atoms with Gasteiger partial charge < -0.3 is 18.9 Å². The summed E-state index contributed by atoms with van der Waals surface area (Å²) in [6.45, 7) is 11.6. The fraction of sp³-hybridized carbons (Fsp3) is 0.278. The molecule has 0 aliphatic carbocycles. The van der Waals surface area contributed by atoms with Crippen LogP contribution in [0, 0.1) is 0 Å². The predicted octanol–water partition coefficient (Wildman–Crippen LogP) is 8.51. The minimum absolute atomic E-state index is 0.0271. The predicted molar refractivity (Wildman–Crippen MR) is 178 cm³/mol. The third kappa shape index (κ3) is 7.88. The lowest BCUT2D eigenvalue weighted by atomic mass is 9.94. The third-order valence-electron chi connectivity index (χ3n) is 7.76. The third-order valence-corrected chi connectivity index (χ3v) is 11.0. The van der Waals surface area contributed by atoms with Crippen LogP contribution in [0.25, 0.3) is 6.08 Å². The molecule has 11 heteroatoms. The van der Waals surface area contributed by atoms with Crippen LogP contribution in [-0.4, -0.2) is 43.1 Å². The molecule has 47 heavy (non-hydrogen) atoms. The van der Waals surface area contributed by atoms with Gasteiger partial charge in [0.1, 0.15) is 22.8 Å². The second-order valence-electron chi connectivity index (χ2n) is 12.0. The van der Waals surface area contributed by atoms with Crippen LogP contribution < -0.4 is 9.47 Å². The number of hydrogen-bond donors (Lipinski definition) is 1. The molecule has 0 spiro atoms. The van der Waals surface area contributed by atoms with E-state index in [1.165, 1.54) is 12.1 Å². The van der Waals surface area contributed by atoms with Gasteiger partial charge in [-0.15, -0.1) is 0 Å². The van der Waals surface area contributed by atoms with Gasteiger partial charge in [-0.3, -0.25) is 4.55 Å². The van der Waals surface area contributed by atoms with E-state index in [2.05, 4.69) is 6.58 Å². The summed E-state index contributed by atoms with van der Waals surface area (Å²) in [5.74, 6) is 1.36. The van der Waals surface area contributed by atoms with Crippen LogP contribution in [0.3, 0.4) is 0 Å². The van der Waals surface area contributed by atoms with Crippen LogP contribution in [0.2, 0.25) is 0 Å². The molecule has 7 nitrogen and oxygen atoms in total. The van der Waals surface area contributed by atoms with E-state index in [1.807, 2.05) is 93.6 Å². The SMILES string of the molecule is C=Cc1cccc(Oc2ccc([S+](c3ccc(OC(C)C(F)(F)S(=O)(=O)O)cc3)c3ccc(C4(C)COC(C)(C)CO4)cc3)cc2)c1. The molecular weight excluding hydrogens is 647 g/mol. The van der Waals surface area contributed by atoms with Crippen molar-refractivity contribution in [3.63, 3.8) is 0 Å². The number of ether oxygens (including phenoxy) is 4. The molecule has 0 bridgehead atoms. The zero-order valence-corrected chi connectivity index (χ0v) is 28.1. The highest BCUT2D eigenvalue weighted by Gasteiger charge is 2.51. The van der Waals surface area contributed by atoms with Gasteiger partial charge in [-0.05, 0) is 112 Å². The molecule has 0 saturated carbocycles. The standard InChI is InChI=1S/C36H36F2O7S2/c1-6-26-8-7-9-30(22-26)45-29-14-20-33(21-15-29)46(31-16-10-27(11-17-31)35(5)24-42-34(3,4)23-43-35)32-18-12-28(13-19-32)44-25(2)36(37,38)47(39,40)41/h6-22,25H,1,23-24H2,2-5H3/p+1. The van der Waals surface area contributed by atoms with Crippen molar-refractivity contribution < 1.29 is 40.7 Å². The summed E-state index contributed by atoms with van der Waals surface area (Å²) < 4.78 is 83.1. The first kappa shape index (κ1) is 34.6. The summed E-state index contributed by atoms with van der Waals surface area (Å²) in [5, 5.41) is -4.48. The average Bonchev–Trinajstić information content (AvgIpc) is 3.04. The van der Waals surface area contributed by atoms with Gasteiger partial charge in [-0.2, -0.15) is 17.2 Å². The van der Waals surface area contributed by atoms with Crippen molar-refractivity contribution in [2.45, 2.75) is 64.9 Å². The van der Waals surface area contributed by atoms with Gasteiger partial charge in [0.15, 0.2) is 20.8 Å². The summed E-state index contributed by atoms with van der Waals surface area (Å²) in [6.07, 6.45) is -0.370. The average molecular weight is 684 g/mol. The maximum atomic E-state index is 14.1. The van der Waals surface area contributed by atoms with Crippen LogP contribution in [0.4, 0.5) is 8.78 Å². The highest BCUT2D eigenvalue weighted by Crippen LogP contribution is 2.38. The van der Waals surface area contributed by atoms with Gasteiger partial charge in [0.05, 0.1) is 29.7 Å². The van der Waals surface area contributed by atoms with Gasteiger partial charge in [-0.25, -0.2) is 0 Å². The molecule has 4 aromatic carbocycles. The maximum Gasteiger partial charge on any atom is 0.405 e. The van der Waals surface area contributed by atoms with Crippen molar-refractivity contribution in [1.29, 1.82) is 0 Å². The topological polar surface area (TPSA) is 91.3 Å². The summed E-state index contributed by atoms with van der Waals surface area (Å²) >= 11 is 0. The Hall–Kier alpha value is -3.74. The van der Waals surface area contributed by atoms with Crippen LogP contribution in [-0.2, 0) is 36.1 Å². The quantitative estimate of drug-likeness (QED) is 0.125. The Balaban J connectivity index is 1.44. The maximum absolute atomic E-state index is 14.1. The second-order valence-corrected chi connectivity index (χ2v) is 15.5. The van der Waals surface area contributed by atoms with Crippen LogP contribution in [0.15, 0.2) is 118 Å². The first-order chi connectivity index (χ1) is 22.1. The van der Waals surface area contributed by atoms with E-state index in [0.29, 0.717) is 24.7 Å². The van der Waals surface area contributed by atoms with Crippen molar-refractivity contribution in [2.24, 2.45) is 0 Å². The molecule has 3 unspecified atom stereocenters. The first-order valence-electron chi connectivity index (χ1n) is 14.8. The van der Waals surface area contributed by atoms with Gasteiger partial charge in [0.2, 0.25) is 0 Å². The Morgan fingerprint density at radius 2 is 1.40 bits per heavy atom. The Morgan fingerprint density at radius 3 is 1.91 bits per heavy atom. The molecule has 0 radical (unpaired) electrons. The molecule has 4 aromatic rings. The van der Waals surface area contributed by atoms with Crippen molar-refractivity contribution >= 4 is 27.1 Å². The molecule has 0 amide bonds. The second kappa shape index (κ2) is 13.4. The molecular formula is C36H37F2O7S2+. The molecule has 248 valence electrons. The van der Waals surface area contributed by atoms with E-state index in [4.69, 9.17) is 23.5 Å². The molecule has 1 aliphatic rings. The fourth-order valence-corrected chi connectivity index (χ4v) is 7.40. The zero-order chi connectivity index (χ0) is 34.0. The minimum atomic E-state index is -5.65. The van der Waals surface area contributed by atoms with Crippen LogP contribution in [0.5, 0.6) is 17.2 Å². The van der Waals surface area contributed by atoms with Crippen LogP contribution in [0.1, 0.15) is 38.8 Å². The minimum Gasteiger partial charge on any atom is -0.483 e. The summed E-state index contributed by atoms with van der Waals surface area (Å²) in [5.41, 5.74) is 0.958. The van der Waals surface area contributed by atoms with E-state index in [9.17, 15) is 17.2 Å². The Morgan fingerprint density at radius 1 is 0.851 bits per heavy atom. The Kier molecular flexibility index (Phi) is 9.87. The molecule has 1 fully saturated rings. The van der Waals surface area contributed by atoms with E-state index >= 15 is 0 Å². The highest BCUT2D eigenvalue weighted by molar-refractivity contribution is 7.97. The lowest BCUT2D eigenvalue weighted by Gasteiger charge is -2.41. The Labute approximate surface area is 277 Å². The largest absolute Gasteiger partial charge is 0.483 e. The van der Waals surface area contributed by atoms with Crippen molar-refractivity contribution in [3.05, 3.63) is 115 Å². The van der Waals surface area contributed by atoms with E-state index in [0.717, 1.165) is 32.7 Å². The van der Waals surface area contributed by atoms with Crippen molar-refractivity contribution in [3.8, 4) is 17.2 Å². The number of hydrogen-bond acceptors (Lipinski definition) is 6. The van der Waals surface area contributed by atoms with E-state index in [-0.39, 0.29) is 11.4 Å². The van der Waals surface area contributed by atoms with Crippen LogP contribution >= 0.6 is 0 Å². The monoisotopic (exact) mass is 683 g/mol. The molecule has 1 N–H and O–H groups in total. The fourth-order valence-electron chi connectivity index (χ4n) is 4.89. The van der Waals surface area contributed by atoms with Gasteiger partial charge >= 0.3 is 15.4 Å². The highest BCUT2D eigenvalue weighted by atomic mass is 32.2. The Bertz CT molecular complexity index is 1800. The van der Waals surface area contributed by atoms with Gasteiger partial charge in [-0.1, -0.05) is 36.9 Å². The van der Waals surface area contributed by atoms with Gasteiger partial charge in [0, 0.05) is 0 Å². The zero-order valence-electron chi connectivity index (χ0n) is 26.5. The molecule has 5 rings (SSSR count). The lowest BCUT2D eigenvalue weighted by molar-refractivity contribution is -0.221. The molecule has 1 saturated heterocycles. The summed E-state index contributed by atoms with van der Waals surface area (Å²) in [4.78, 5) is 2.81. The van der Waals surface area contributed by atoms with Crippen molar-refractivity contribution in [1.82, 2.24) is 0 Å². The first-order valence-corrected chi connectivity index (χ1v) is 17.5. The van der Waals surface area contributed by atoms with Gasteiger partial charge in [0.25, 0.3) is 0 Å². The van der Waals surface area contributed by atoms with Crippen molar-refractivity contribution in [2.75, 3.05) is 13.2 Å². The lowest BCUT2D eigenvalue weighted by Crippen LogP contribution is -2.47. The number of halogens is 2. The normalized spacial score (nSPS) is 19.4. The smallest absolute Gasteiger partial charge is 0.405 e. The summed E-state index contributed by atoms with van der Waals surface area (Å²) in [6, 6.07) is 29.9. The summed E-state index contributed by atoms with van der Waals surface area (Å²) in [7, 11) is -6.30. The van der Waals surface area contributed by atoms with E-state index < -0.39 is 38.0 Å². The molecule has 1 heterocycles.